The second kappa shape index (κ2) is 9.21. The van der Waals surface area contributed by atoms with Crippen molar-refractivity contribution >= 4 is 35.8 Å². The van der Waals surface area contributed by atoms with Gasteiger partial charge < -0.3 is 15.1 Å². The normalized spacial score (nSPS) is 15.2. The number of likely N-dealkylation sites (N-methyl/N-ethyl adjacent to an activating group) is 1. The van der Waals surface area contributed by atoms with Crippen molar-refractivity contribution < 1.29 is 9.59 Å². The highest BCUT2D eigenvalue weighted by Gasteiger charge is 2.30. The summed E-state index contributed by atoms with van der Waals surface area (Å²) in [6.45, 7) is 2.01. The summed E-state index contributed by atoms with van der Waals surface area (Å²) in [5, 5.41) is 7.73. The molecule has 0 spiro atoms. The van der Waals surface area contributed by atoms with Crippen molar-refractivity contribution in [3.05, 3.63) is 52.8 Å². The average molecular weight is 412 g/mol. The Labute approximate surface area is 169 Å². The average Bonchev–Trinajstić information content (AvgIpc) is 3.08. The molecule has 0 radical (unpaired) electrons. The van der Waals surface area contributed by atoms with E-state index in [2.05, 4.69) is 10.4 Å². The standard InChI is InChI=1S/C18H22ClN5O2.ClH/c1-20-16(14-11-21-22(2)12-14)18(26)24-8-6-23(7-9-24)17(25)13-4-3-5-15(19)10-13;/h3-5,10-12,16,20H,6-9H2,1-2H3;1H. The van der Waals surface area contributed by atoms with Gasteiger partial charge in [-0.2, -0.15) is 5.10 Å². The topological polar surface area (TPSA) is 70.5 Å². The second-order valence-electron chi connectivity index (χ2n) is 6.30. The maximum absolute atomic E-state index is 12.8. The van der Waals surface area contributed by atoms with Crippen LogP contribution < -0.4 is 5.32 Å². The van der Waals surface area contributed by atoms with Gasteiger partial charge in [0.05, 0.1) is 6.20 Å². The molecule has 0 saturated carbocycles. The first-order chi connectivity index (χ1) is 12.5. The number of halogens is 2. The predicted molar refractivity (Wildman–Crippen MR) is 106 cm³/mol. The van der Waals surface area contributed by atoms with E-state index in [1.165, 1.54) is 0 Å². The highest BCUT2D eigenvalue weighted by Crippen LogP contribution is 2.18. The van der Waals surface area contributed by atoms with E-state index in [1.54, 1.807) is 52.0 Å². The van der Waals surface area contributed by atoms with Crippen molar-refractivity contribution in [1.82, 2.24) is 24.9 Å². The Hall–Kier alpha value is -2.09. The molecule has 2 aromatic rings. The summed E-state index contributed by atoms with van der Waals surface area (Å²) < 4.78 is 1.68. The van der Waals surface area contributed by atoms with Crippen molar-refractivity contribution in [3.8, 4) is 0 Å². The molecule has 1 aliphatic rings. The summed E-state index contributed by atoms with van der Waals surface area (Å²) in [4.78, 5) is 29.0. The van der Waals surface area contributed by atoms with E-state index in [9.17, 15) is 9.59 Å². The van der Waals surface area contributed by atoms with Crippen LogP contribution in [-0.2, 0) is 11.8 Å². The van der Waals surface area contributed by atoms with Gasteiger partial charge in [0.1, 0.15) is 6.04 Å². The molecule has 9 heteroatoms. The van der Waals surface area contributed by atoms with Gasteiger partial charge in [-0.05, 0) is 25.2 Å². The number of carbonyl (C=O) groups is 2. The van der Waals surface area contributed by atoms with Crippen LogP contribution in [0.2, 0.25) is 5.02 Å². The van der Waals surface area contributed by atoms with Gasteiger partial charge in [0.25, 0.3) is 5.91 Å². The van der Waals surface area contributed by atoms with Crippen LogP contribution in [0.4, 0.5) is 0 Å². The lowest BCUT2D eigenvalue weighted by molar-refractivity contribution is -0.135. The van der Waals surface area contributed by atoms with E-state index < -0.39 is 6.04 Å². The zero-order valence-corrected chi connectivity index (χ0v) is 16.8. The molecule has 1 atom stereocenters. The number of nitrogens with one attached hydrogen (secondary N) is 1. The predicted octanol–water partition coefficient (Wildman–Crippen LogP) is 1.74. The molecule has 146 valence electrons. The number of piperazine rings is 1. The third-order valence-electron chi connectivity index (χ3n) is 4.54. The summed E-state index contributed by atoms with van der Waals surface area (Å²) in [6, 6.07) is 6.50. The zero-order chi connectivity index (χ0) is 18.7. The minimum absolute atomic E-state index is 0. The summed E-state index contributed by atoms with van der Waals surface area (Å²) >= 11 is 5.97. The molecule has 1 N–H and O–H groups in total. The minimum atomic E-state index is -0.432. The summed E-state index contributed by atoms with van der Waals surface area (Å²) in [5.41, 5.74) is 1.40. The molecule has 1 fully saturated rings. The molecule has 3 rings (SSSR count). The van der Waals surface area contributed by atoms with Crippen molar-refractivity contribution in [3.63, 3.8) is 0 Å². The number of benzene rings is 1. The molecule has 1 aromatic heterocycles. The van der Waals surface area contributed by atoms with Crippen molar-refractivity contribution in [2.24, 2.45) is 7.05 Å². The Morgan fingerprint density at radius 3 is 2.41 bits per heavy atom. The highest BCUT2D eigenvalue weighted by atomic mass is 35.5. The summed E-state index contributed by atoms with van der Waals surface area (Å²) in [7, 11) is 3.58. The van der Waals surface area contributed by atoms with Gasteiger partial charge in [-0.25, -0.2) is 0 Å². The highest BCUT2D eigenvalue weighted by molar-refractivity contribution is 6.30. The number of rotatable bonds is 4. The molecule has 2 amide bonds. The first-order valence-corrected chi connectivity index (χ1v) is 8.87. The Bertz CT molecular complexity index is 803. The van der Waals surface area contributed by atoms with Crippen LogP contribution in [0.15, 0.2) is 36.7 Å². The Morgan fingerprint density at radius 2 is 1.85 bits per heavy atom. The Balaban J connectivity index is 0.00000261. The lowest BCUT2D eigenvalue weighted by Gasteiger charge is -2.36. The van der Waals surface area contributed by atoms with Gasteiger partial charge in [-0.1, -0.05) is 17.7 Å². The van der Waals surface area contributed by atoms with E-state index in [0.29, 0.717) is 36.8 Å². The van der Waals surface area contributed by atoms with Crippen LogP contribution >= 0.6 is 24.0 Å². The molecule has 1 aromatic carbocycles. The van der Waals surface area contributed by atoms with E-state index in [4.69, 9.17) is 11.6 Å². The quantitative estimate of drug-likeness (QED) is 0.831. The van der Waals surface area contributed by atoms with Crippen molar-refractivity contribution in [2.45, 2.75) is 6.04 Å². The maximum Gasteiger partial charge on any atom is 0.254 e. The SMILES string of the molecule is CNC(C(=O)N1CCN(C(=O)c2cccc(Cl)c2)CC1)c1cnn(C)c1.Cl. The largest absolute Gasteiger partial charge is 0.337 e. The summed E-state index contributed by atoms with van der Waals surface area (Å²) in [6.07, 6.45) is 3.52. The Morgan fingerprint density at radius 1 is 1.19 bits per heavy atom. The number of hydrogen-bond donors (Lipinski definition) is 1. The number of aromatic nitrogens is 2. The van der Waals surface area contributed by atoms with E-state index in [1.807, 2.05) is 13.2 Å². The fourth-order valence-corrected chi connectivity index (χ4v) is 3.33. The van der Waals surface area contributed by atoms with E-state index in [0.717, 1.165) is 5.56 Å². The number of carbonyl (C=O) groups excluding carboxylic acids is 2. The Kier molecular flexibility index (Phi) is 7.24. The van der Waals surface area contributed by atoms with Crippen LogP contribution in [0.3, 0.4) is 0 Å². The summed E-state index contributed by atoms with van der Waals surface area (Å²) in [5.74, 6) is -0.0626. The molecule has 0 aliphatic carbocycles. The van der Waals surface area contributed by atoms with Gasteiger partial charge in [0, 0.05) is 55.6 Å². The van der Waals surface area contributed by atoms with Gasteiger partial charge in [0.15, 0.2) is 0 Å². The van der Waals surface area contributed by atoms with Gasteiger partial charge >= 0.3 is 0 Å². The smallest absolute Gasteiger partial charge is 0.254 e. The van der Waals surface area contributed by atoms with Gasteiger partial charge in [-0.15, -0.1) is 12.4 Å². The third kappa shape index (κ3) is 4.80. The minimum Gasteiger partial charge on any atom is -0.337 e. The van der Waals surface area contributed by atoms with Crippen LogP contribution in [0, 0.1) is 0 Å². The zero-order valence-electron chi connectivity index (χ0n) is 15.3. The van der Waals surface area contributed by atoms with Crippen LogP contribution in [0.5, 0.6) is 0 Å². The molecule has 27 heavy (non-hydrogen) atoms. The number of nitrogens with zero attached hydrogens (tertiary/aromatic N) is 4. The molecular weight excluding hydrogens is 389 g/mol. The molecular formula is C18H23Cl2N5O2. The molecule has 2 heterocycles. The third-order valence-corrected chi connectivity index (χ3v) is 4.78. The monoisotopic (exact) mass is 411 g/mol. The van der Waals surface area contributed by atoms with Gasteiger partial charge in [-0.3, -0.25) is 14.3 Å². The molecule has 7 nitrogen and oxygen atoms in total. The number of amides is 2. The van der Waals surface area contributed by atoms with Crippen LogP contribution in [-0.4, -0.2) is 64.6 Å². The fraction of sp³-hybridized carbons (Fsp3) is 0.389. The van der Waals surface area contributed by atoms with Crippen molar-refractivity contribution in [2.75, 3.05) is 33.2 Å². The maximum atomic E-state index is 12.8. The van der Waals surface area contributed by atoms with Crippen molar-refractivity contribution in [1.29, 1.82) is 0 Å². The molecule has 1 saturated heterocycles. The lowest BCUT2D eigenvalue weighted by atomic mass is 10.1. The fourth-order valence-electron chi connectivity index (χ4n) is 3.14. The van der Waals surface area contributed by atoms with E-state index >= 15 is 0 Å². The number of hydrogen-bond acceptors (Lipinski definition) is 4. The second-order valence-corrected chi connectivity index (χ2v) is 6.73. The van der Waals surface area contributed by atoms with Crippen LogP contribution in [0.25, 0.3) is 0 Å². The van der Waals surface area contributed by atoms with Crippen LogP contribution in [0.1, 0.15) is 22.0 Å². The molecule has 1 unspecified atom stereocenters. The molecule has 0 bridgehead atoms. The lowest BCUT2D eigenvalue weighted by Crippen LogP contribution is -2.52. The van der Waals surface area contributed by atoms with E-state index in [-0.39, 0.29) is 24.2 Å². The first-order valence-electron chi connectivity index (χ1n) is 8.49. The first kappa shape index (κ1) is 21.2. The van der Waals surface area contributed by atoms with Gasteiger partial charge in [0.2, 0.25) is 5.91 Å². The number of aryl methyl sites for hydroxylation is 1. The molecule has 1 aliphatic heterocycles.